The Morgan fingerprint density at radius 2 is 1.82 bits per heavy atom. The van der Waals surface area contributed by atoms with Crippen molar-refractivity contribution in [2.24, 2.45) is 0 Å². The number of hydrogen-bond donors (Lipinski definition) is 1. The SMILES string of the molecule is Cc1cc(=O)c(C(=O)NC[C@H](c2cccc(F)c2)N(C)C)nn1-c1ccccc1C(F)(F)F. The van der Waals surface area contributed by atoms with Gasteiger partial charge >= 0.3 is 6.18 Å². The molecule has 0 saturated carbocycles. The van der Waals surface area contributed by atoms with Crippen molar-refractivity contribution < 1.29 is 22.4 Å². The van der Waals surface area contributed by atoms with Crippen molar-refractivity contribution in [3.8, 4) is 5.69 Å². The van der Waals surface area contributed by atoms with Crippen LogP contribution in [0.1, 0.15) is 33.4 Å². The van der Waals surface area contributed by atoms with Crippen molar-refractivity contribution in [3.05, 3.63) is 93.2 Å². The maximum Gasteiger partial charge on any atom is 0.418 e. The molecule has 1 heterocycles. The van der Waals surface area contributed by atoms with Crippen LogP contribution in [0.15, 0.2) is 59.4 Å². The Bertz CT molecular complexity index is 1220. The Labute approximate surface area is 187 Å². The molecule has 0 bridgehead atoms. The van der Waals surface area contributed by atoms with Gasteiger partial charge in [0.1, 0.15) is 5.82 Å². The van der Waals surface area contributed by atoms with E-state index in [9.17, 15) is 27.2 Å². The molecule has 3 rings (SSSR count). The van der Waals surface area contributed by atoms with Crippen LogP contribution in [0.2, 0.25) is 0 Å². The summed E-state index contributed by atoms with van der Waals surface area (Å²) in [5.74, 6) is -1.28. The highest BCUT2D eigenvalue weighted by atomic mass is 19.4. The lowest BCUT2D eigenvalue weighted by Crippen LogP contribution is -2.37. The lowest BCUT2D eigenvalue weighted by Gasteiger charge is -2.25. The third-order valence-corrected chi connectivity index (χ3v) is 5.07. The summed E-state index contributed by atoms with van der Waals surface area (Å²) in [6.07, 6.45) is -4.65. The summed E-state index contributed by atoms with van der Waals surface area (Å²) in [5.41, 5.74) is -1.78. The highest BCUT2D eigenvalue weighted by Crippen LogP contribution is 2.33. The van der Waals surface area contributed by atoms with E-state index in [2.05, 4.69) is 10.4 Å². The van der Waals surface area contributed by atoms with Gasteiger partial charge in [0, 0.05) is 18.3 Å². The van der Waals surface area contributed by atoms with E-state index in [4.69, 9.17) is 0 Å². The van der Waals surface area contributed by atoms with Crippen molar-refractivity contribution in [2.75, 3.05) is 20.6 Å². The van der Waals surface area contributed by atoms with Crippen LogP contribution < -0.4 is 10.7 Å². The quantitative estimate of drug-likeness (QED) is 0.567. The lowest BCUT2D eigenvalue weighted by atomic mass is 10.1. The first-order chi connectivity index (χ1) is 15.5. The highest BCUT2D eigenvalue weighted by molar-refractivity contribution is 5.92. The molecule has 1 N–H and O–H groups in total. The number of rotatable bonds is 6. The first-order valence-electron chi connectivity index (χ1n) is 9.96. The number of carbonyl (C=O) groups is 1. The summed E-state index contributed by atoms with van der Waals surface area (Å²) in [4.78, 5) is 26.9. The van der Waals surface area contributed by atoms with Crippen LogP contribution in [-0.2, 0) is 6.18 Å². The second-order valence-electron chi connectivity index (χ2n) is 7.67. The Morgan fingerprint density at radius 3 is 2.45 bits per heavy atom. The Kier molecular flexibility index (Phi) is 6.97. The number of nitrogens with zero attached hydrogens (tertiary/aromatic N) is 3. The zero-order valence-corrected chi connectivity index (χ0v) is 18.2. The number of aromatic nitrogens is 2. The Morgan fingerprint density at radius 1 is 1.12 bits per heavy atom. The molecule has 0 spiro atoms. The summed E-state index contributed by atoms with van der Waals surface area (Å²) in [6, 6.07) is 11.3. The molecule has 0 aliphatic heterocycles. The van der Waals surface area contributed by atoms with Gasteiger partial charge in [0.05, 0.1) is 17.3 Å². The summed E-state index contributed by atoms with van der Waals surface area (Å²) >= 11 is 0. The van der Waals surface area contributed by atoms with E-state index in [0.717, 1.165) is 16.8 Å². The number of halogens is 4. The van der Waals surface area contributed by atoms with Gasteiger partial charge in [-0.25, -0.2) is 9.07 Å². The van der Waals surface area contributed by atoms with Crippen LogP contribution in [0.25, 0.3) is 5.69 Å². The number of para-hydroxylation sites is 1. The maximum absolute atomic E-state index is 13.6. The molecule has 6 nitrogen and oxygen atoms in total. The summed E-state index contributed by atoms with van der Waals surface area (Å²) in [6.45, 7) is 1.44. The number of benzene rings is 2. The molecular weight excluding hydrogens is 440 g/mol. The molecule has 1 atom stereocenters. The highest BCUT2D eigenvalue weighted by Gasteiger charge is 2.34. The van der Waals surface area contributed by atoms with Gasteiger partial charge in [-0.15, -0.1) is 0 Å². The van der Waals surface area contributed by atoms with Gasteiger partial charge < -0.3 is 10.2 Å². The van der Waals surface area contributed by atoms with Gasteiger partial charge in [0.25, 0.3) is 5.91 Å². The molecular formula is C23H22F4N4O2. The van der Waals surface area contributed by atoms with E-state index in [1.807, 2.05) is 0 Å². The number of alkyl halides is 3. The standard InChI is InChI=1S/C23H22F4N4O2/c1-14-11-20(32)21(29-31(14)18-10-5-4-9-17(18)23(25,26)27)22(33)28-13-19(30(2)3)15-7-6-8-16(24)12-15/h4-12,19H,13H2,1-3H3,(H,28,33)/t19-/m1/s1. The molecule has 3 aromatic rings. The fourth-order valence-corrected chi connectivity index (χ4v) is 3.43. The van der Waals surface area contributed by atoms with E-state index in [-0.39, 0.29) is 17.9 Å². The minimum absolute atomic E-state index is 0.0173. The predicted molar refractivity (Wildman–Crippen MR) is 115 cm³/mol. The fraction of sp³-hybridized carbons (Fsp3) is 0.261. The van der Waals surface area contributed by atoms with Crippen LogP contribution in [0.3, 0.4) is 0 Å². The first kappa shape index (κ1) is 24.1. The molecule has 0 radical (unpaired) electrons. The van der Waals surface area contributed by atoms with E-state index in [1.54, 1.807) is 31.1 Å². The smallest absolute Gasteiger partial charge is 0.349 e. The zero-order valence-electron chi connectivity index (χ0n) is 18.2. The average Bonchev–Trinajstić information content (AvgIpc) is 2.73. The van der Waals surface area contributed by atoms with E-state index in [1.165, 1.54) is 37.3 Å². The number of amides is 1. The summed E-state index contributed by atoms with van der Waals surface area (Å²) in [5, 5.41) is 6.53. The molecule has 0 saturated heterocycles. The van der Waals surface area contributed by atoms with Gasteiger partial charge in [0.2, 0.25) is 5.43 Å². The topological polar surface area (TPSA) is 67.2 Å². The van der Waals surface area contributed by atoms with Crippen molar-refractivity contribution in [2.45, 2.75) is 19.1 Å². The lowest BCUT2D eigenvalue weighted by molar-refractivity contribution is -0.137. The van der Waals surface area contributed by atoms with Crippen LogP contribution in [0.4, 0.5) is 17.6 Å². The minimum atomic E-state index is -4.65. The Balaban J connectivity index is 1.93. The van der Waals surface area contributed by atoms with Gasteiger partial charge in [0.15, 0.2) is 5.69 Å². The second kappa shape index (κ2) is 9.53. The first-order valence-corrected chi connectivity index (χ1v) is 9.96. The number of hydrogen-bond acceptors (Lipinski definition) is 4. The van der Waals surface area contributed by atoms with E-state index >= 15 is 0 Å². The average molecular weight is 462 g/mol. The number of aryl methyl sites for hydroxylation is 1. The largest absolute Gasteiger partial charge is 0.418 e. The van der Waals surface area contributed by atoms with Crippen molar-refractivity contribution in [1.29, 1.82) is 0 Å². The molecule has 33 heavy (non-hydrogen) atoms. The second-order valence-corrected chi connectivity index (χ2v) is 7.67. The molecule has 2 aromatic carbocycles. The third-order valence-electron chi connectivity index (χ3n) is 5.07. The minimum Gasteiger partial charge on any atom is -0.349 e. The normalized spacial score (nSPS) is 12.6. The predicted octanol–water partition coefficient (Wildman–Crippen LogP) is 3.73. The van der Waals surface area contributed by atoms with Crippen molar-refractivity contribution >= 4 is 5.91 Å². The van der Waals surface area contributed by atoms with Crippen molar-refractivity contribution in [1.82, 2.24) is 20.0 Å². The Hall–Kier alpha value is -3.53. The van der Waals surface area contributed by atoms with Gasteiger partial charge in [-0.2, -0.15) is 18.3 Å². The monoisotopic (exact) mass is 462 g/mol. The number of likely N-dealkylation sites (N-methyl/N-ethyl adjacent to an activating group) is 1. The van der Waals surface area contributed by atoms with Crippen molar-refractivity contribution in [3.63, 3.8) is 0 Å². The fourth-order valence-electron chi connectivity index (χ4n) is 3.43. The zero-order chi connectivity index (χ0) is 24.3. The molecule has 1 aromatic heterocycles. The third kappa shape index (κ3) is 5.46. The molecule has 0 unspecified atom stereocenters. The summed E-state index contributed by atoms with van der Waals surface area (Å²) in [7, 11) is 3.49. The van der Waals surface area contributed by atoms with E-state index in [0.29, 0.717) is 5.56 Å². The van der Waals surface area contributed by atoms with E-state index < -0.39 is 40.6 Å². The van der Waals surface area contributed by atoms with Gasteiger partial charge in [-0.05, 0) is 50.8 Å². The summed E-state index contributed by atoms with van der Waals surface area (Å²) < 4.78 is 54.9. The van der Waals surface area contributed by atoms with Gasteiger partial charge in [-0.3, -0.25) is 9.59 Å². The molecule has 0 aliphatic rings. The molecule has 0 aliphatic carbocycles. The molecule has 0 fully saturated rings. The van der Waals surface area contributed by atoms with Crippen LogP contribution in [0, 0.1) is 12.7 Å². The van der Waals surface area contributed by atoms with Gasteiger partial charge in [-0.1, -0.05) is 24.3 Å². The van der Waals surface area contributed by atoms with Crippen LogP contribution in [0.5, 0.6) is 0 Å². The van der Waals surface area contributed by atoms with Crippen LogP contribution in [-0.4, -0.2) is 41.2 Å². The molecule has 174 valence electrons. The number of carbonyl (C=O) groups excluding carboxylic acids is 1. The maximum atomic E-state index is 13.6. The van der Waals surface area contributed by atoms with Crippen LogP contribution >= 0.6 is 0 Å². The molecule has 10 heteroatoms. The molecule has 1 amide bonds. The number of nitrogens with one attached hydrogen (secondary N) is 1.